The Morgan fingerprint density at radius 2 is 1.52 bits per heavy atom. The summed E-state index contributed by atoms with van der Waals surface area (Å²) >= 11 is 0. The second kappa shape index (κ2) is 7.87. The van der Waals surface area contributed by atoms with Gasteiger partial charge in [0, 0.05) is 5.56 Å². The fraction of sp³-hybridized carbons (Fsp3) is 0.111. The lowest BCUT2D eigenvalue weighted by atomic mass is 10.1. The number of sulfonamides is 1. The first-order chi connectivity index (χ1) is 11.9. The number of ketones is 1. The third-order valence-electron chi connectivity index (χ3n) is 3.48. The lowest BCUT2D eigenvalue weighted by Crippen LogP contribution is -2.18. The lowest BCUT2D eigenvalue weighted by Gasteiger charge is -2.03. The molecule has 0 unspecified atom stereocenters. The zero-order chi connectivity index (χ0) is 18.4. The van der Waals surface area contributed by atoms with Crippen LogP contribution in [-0.2, 0) is 14.8 Å². The number of nitrogens with one attached hydrogen (secondary N) is 1. The molecule has 0 fully saturated rings. The molecule has 6 nitrogen and oxygen atoms in total. The van der Waals surface area contributed by atoms with Gasteiger partial charge in [-0.1, -0.05) is 18.2 Å². The third kappa shape index (κ3) is 4.62. The van der Waals surface area contributed by atoms with Crippen LogP contribution in [0.25, 0.3) is 6.08 Å². The smallest absolute Gasteiger partial charge is 0.337 e. The maximum atomic E-state index is 12.1. The zero-order valence-corrected chi connectivity index (χ0v) is 14.5. The molecule has 1 N–H and O–H groups in total. The Morgan fingerprint density at radius 1 is 0.960 bits per heavy atom. The first-order valence-electron chi connectivity index (χ1n) is 7.32. The standard InChI is InChI=1S/C18H17NO5S/c1-19-25(22,23)16-10-8-14(9-11-16)17(20)12-5-13-3-6-15(7-4-13)18(21)24-2/h3-12,19H,1-2H3/b12-5+. The van der Waals surface area contributed by atoms with E-state index in [1.807, 2.05) is 0 Å². The van der Waals surface area contributed by atoms with Crippen molar-refractivity contribution in [1.82, 2.24) is 4.72 Å². The highest BCUT2D eigenvalue weighted by Gasteiger charge is 2.11. The molecule has 0 aromatic heterocycles. The minimum atomic E-state index is -3.53. The summed E-state index contributed by atoms with van der Waals surface area (Å²) in [5.41, 5.74) is 1.54. The number of allylic oxidation sites excluding steroid dienone is 1. The van der Waals surface area contributed by atoms with Gasteiger partial charge in [0.25, 0.3) is 0 Å². The van der Waals surface area contributed by atoms with Crippen molar-refractivity contribution in [2.75, 3.05) is 14.2 Å². The van der Waals surface area contributed by atoms with Gasteiger partial charge >= 0.3 is 5.97 Å². The minimum absolute atomic E-state index is 0.0916. The van der Waals surface area contributed by atoms with E-state index in [2.05, 4.69) is 9.46 Å². The SMILES string of the molecule is CNS(=O)(=O)c1ccc(C(=O)/C=C/c2ccc(C(=O)OC)cc2)cc1. The van der Waals surface area contributed by atoms with Crippen LogP contribution in [-0.4, -0.2) is 34.3 Å². The number of methoxy groups -OCH3 is 1. The molecule has 0 aliphatic rings. The van der Waals surface area contributed by atoms with Crippen LogP contribution >= 0.6 is 0 Å². The molecule has 0 aliphatic heterocycles. The highest BCUT2D eigenvalue weighted by atomic mass is 32.2. The summed E-state index contributed by atoms with van der Waals surface area (Å²) in [5.74, 6) is -0.686. The summed E-state index contributed by atoms with van der Waals surface area (Å²) in [6.07, 6.45) is 3.00. The van der Waals surface area contributed by atoms with E-state index in [0.717, 1.165) is 5.56 Å². The summed E-state index contributed by atoms with van der Waals surface area (Å²) in [4.78, 5) is 23.6. The Morgan fingerprint density at radius 3 is 2.04 bits per heavy atom. The molecule has 130 valence electrons. The molecule has 0 saturated carbocycles. The third-order valence-corrected chi connectivity index (χ3v) is 4.91. The van der Waals surface area contributed by atoms with Gasteiger partial charge in [0.05, 0.1) is 17.6 Å². The van der Waals surface area contributed by atoms with Crippen LogP contribution in [0.5, 0.6) is 0 Å². The molecule has 0 spiro atoms. The van der Waals surface area contributed by atoms with Crippen LogP contribution < -0.4 is 4.72 Å². The molecule has 25 heavy (non-hydrogen) atoms. The van der Waals surface area contributed by atoms with Gasteiger partial charge in [0.1, 0.15) is 0 Å². The van der Waals surface area contributed by atoms with Crippen molar-refractivity contribution in [3.8, 4) is 0 Å². The topological polar surface area (TPSA) is 89.5 Å². The minimum Gasteiger partial charge on any atom is -0.465 e. The molecule has 2 aromatic carbocycles. The number of rotatable bonds is 6. The van der Waals surface area contributed by atoms with Crippen LogP contribution in [0.1, 0.15) is 26.3 Å². The molecule has 2 rings (SSSR count). The summed E-state index contributed by atoms with van der Waals surface area (Å²) in [6.45, 7) is 0. The normalized spacial score (nSPS) is 11.4. The average molecular weight is 359 g/mol. The first kappa shape index (κ1) is 18.6. The van der Waals surface area contributed by atoms with Gasteiger partial charge in [-0.15, -0.1) is 0 Å². The van der Waals surface area contributed by atoms with Crippen molar-refractivity contribution < 1.29 is 22.7 Å². The number of benzene rings is 2. The quantitative estimate of drug-likeness (QED) is 0.485. The second-order valence-corrected chi connectivity index (χ2v) is 6.93. The van der Waals surface area contributed by atoms with E-state index in [1.165, 1.54) is 44.5 Å². The molecule has 7 heteroatoms. The van der Waals surface area contributed by atoms with Gasteiger partial charge < -0.3 is 4.74 Å². The molecular weight excluding hydrogens is 342 g/mol. The fourth-order valence-electron chi connectivity index (χ4n) is 2.03. The largest absolute Gasteiger partial charge is 0.465 e. The molecule has 0 aliphatic carbocycles. The van der Waals surface area contributed by atoms with Crippen molar-refractivity contribution in [3.63, 3.8) is 0 Å². The predicted octanol–water partition coefficient (Wildman–Crippen LogP) is 2.28. The van der Waals surface area contributed by atoms with E-state index >= 15 is 0 Å². The molecule has 0 bridgehead atoms. The maximum Gasteiger partial charge on any atom is 0.337 e. The number of esters is 1. The number of ether oxygens (including phenoxy) is 1. The van der Waals surface area contributed by atoms with E-state index in [0.29, 0.717) is 11.1 Å². The summed E-state index contributed by atoms with van der Waals surface area (Å²) in [5, 5.41) is 0. The van der Waals surface area contributed by atoms with E-state index < -0.39 is 16.0 Å². The number of carbonyl (C=O) groups excluding carboxylic acids is 2. The van der Waals surface area contributed by atoms with Gasteiger partial charge in [0.15, 0.2) is 5.78 Å². The van der Waals surface area contributed by atoms with Crippen LogP contribution in [0.15, 0.2) is 59.5 Å². The monoisotopic (exact) mass is 359 g/mol. The number of hydrogen-bond acceptors (Lipinski definition) is 5. The Bertz CT molecular complexity index is 897. The molecule has 0 atom stereocenters. The van der Waals surface area contributed by atoms with E-state index in [4.69, 9.17) is 0 Å². The van der Waals surface area contributed by atoms with Crippen molar-refractivity contribution in [3.05, 3.63) is 71.3 Å². The second-order valence-electron chi connectivity index (χ2n) is 5.04. The van der Waals surface area contributed by atoms with Crippen LogP contribution in [0.4, 0.5) is 0 Å². The molecule has 0 amide bonds. The Hall–Kier alpha value is -2.77. The van der Waals surface area contributed by atoms with Gasteiger partial charge in [-0.25, -0.2) is 17.9 Å². The zero-order valence-electron chi connectivity index (χ0n) is 13.7. The van der Waals surface area contributed by atoms with E-state index in [-0.39, 0.29) is 10.7 Å². The molecular formula is C18H17NO5S. The predicted molar refractivity (Wildman–Crippen MR) is 93.8 cm³/mol. The van der Waals surface area contributed by atoms with Crippen molar-refractivity contribution in [1.29, 1.82) is 0 Å². The van der Waals surface area contributed by atoms with Crippen molar-refractivity contribution in [2.45, 2.75) is 4.90 Å². The number of hydrogen-bond donors (Lipinski definition) is 1. The highest BCUT2D eigenvalue weighted by molar-refractivity contribution is 7.89. The average Bonchev–Trinajstić information content (AvgIpc) is 2.66. The van der Waals surface area contributed by atoms with Crippen LogP contribution in [0, 0.1) is 0 Å². The van der Waals surface area contributed by atoms with Crippen LogP contribution in [0.3, 0.4) is 0 Å². The van der Waals surface area contributed by atoms with E-state index in [1.54, 1.807) is 30.3 Å². The van der Waals surface area contributed by atoms with Gasteiger partial charge in [-0.3, -0.25) is 4.79 Å². The van der Waals surface area contributed by atoms with Gasteiger partial charge in [0.2, 0.25) is 10.0 Å². The molecule has 0 radical (unpaired) electrons. The summed E-state index contributed by atoms with van der Waals surface area (Å²) in [6, 6.07) is 12.3. The highest BCUT2D eigenvalue weighted by Crippen LogP contribution is 2.12. The lowest BCUT2D eigenvalue weighted by molar-refractivity contribution is 0.0600. The maximum absolute atomic E-state index is 12.1. The Labute approximate surface area is 146 Å². The van der Waals surface area contributed by atoms with E-state index in [9.17, 15) is 18.0 Å². The van der Waals surface area contributed by atoms with Crippen molar-refractivity contribution >= 4 is 27.9 Å². The molecule has 0 heterocycles. The summed E-state index contributed by atoms with van der Waals surface area (Å²) in [7, 11) is -0.897. The van der Waals surface area contributed by atoms with Gasteiger partial charge in [-0.2, -0.15) is 0 Å². The van der Waals surface area contributed by atoms with Gasteiger partial charge in [-0.05, 0) is 55.1 Å². The summed E-state index contributed by atoms with van der Waals surface area (Å²) < 4.78 is 30.1. The Balaban J connectivity index is 2.11. The fourth-order valence-corrected chi connectivity index (χ4v) is 2.76. The molecule has 2 aromatic rings. The van der Waals surface area contributed by atoms with Crippen LogP contribution in [0.2, 0.25) is 0 Å². The molecule has 0 saturated heterocycles. The van der Waals surface area contributed by atoms with Crippen molar-refractivity contribution in [2.24, 2.45) is 0 Å². The Kier molecular flexibility index (Phi) is 5.84. The first-order valence-corrected chi connectivity index (χ1v) is 8.80. The number of carbonyl (C=O) groups is 2.